The van der Waals surface area contributed by atoms with Gasteiger partial charge in [-0.25, -0.2) is 0 Å². The van der Waals surface area contributed by atoms with E-state index in [2.05, 4.69) is 198 Å². The monoisotopic (exact) mass is 688 g/mol. The van der Waals surface area contributed by atoms with Gasteiger partial charge in [0.1, 0.15) is 0 Å². The first kappa shape index (κ1) is 31.3. The van der Waals surface area contributed by atoms with Crippen LogP contribution in [0.5, 0.6) is 0 Å². The lowest BCUT2D eigenvalue weighted by Crippen LogP contribution is -2.16. The van der Waals surface area contributed by atoms with Crippen LogP contribution in [-0.2, 0) is 10.8 Å². The van der Waals surface area contributed by atoms with Gasteiger partial charge in [-0.2, -0.15) is 0 Å². The van der Waals surface area contributed by atoms with Gasteiger partial charge in [0.05, 0.1) is 0 Å². The van der Waals surface area contributed by atoms with Gasteiger partial charge < -0.3 is 0 Å². The van der Waals surface area contributed by atoms with Crippen LogP contribution in [0, 0.1) is 0 Å². The average molecular weight is 689 g/mol. The minimum atomic E-state index is -0.109. The molecule has 0 aromatic heterocycles. The summed E-state index contributed by atoms with van der Waals surface area (Å²) in [6.45, 7) is 9.53. The second kappa shape index (κ2) is 11.1. The zero-order valence-electron chi connectivity index (χ0n) is 31.2. The molecule has 0 fully saturated rings. The highest BCUT2D eigenvalue weighted by Gasteiger charge is 2.38. The maximum absolute atomic E-state index is 2.47. The van der Waals surface area contributed by atoms with Crippen LogP contribution in [0.3, 0.4) is 0 Å². The third-order valence-corrected chi connectivity index (χ3v) is 12.8. The number of rotatable bonds is 3. The Labute approximate surface area is 317 Å². The molecule has 0 saturated heterocycles. The van der Waals surface area contributed by atoms with Gasteiger partial charge in [-0.15, -0.1) is 0 Å². The van der Waals surface area contributed by atoms with Crippen LogP contribution in [0.2, 0.25) is 0 Å². The zero-order valence-corrected chi connectivity index (χ0v) is 31.2. The molecule has 54 heavy (non-hydrogen) atoms. The number of fused-ring (bicyclic) bond motifs is 9. The standard InChI is InChI=1S/C54H40/c1-53(2)47-23-12-11-16-39(47)40-29-28-37(32-48(40)53)51-43-19-9-7-17-41(43)50(42-18-8-10-20-44(42)51)34-26-24-33(25-27-34)38-21-13-22-45-46-30-35-14-5-6-15-36(35)31-49(46)54(3,4)52(38)45/h5-32H,1-4H3. The highest BCUT2D eigenvalue weighted by atomic mass is 14.4. The Morgan fingerprint density at radius 3 is 1.46 bits per heavy atom. The summed E-state index contributed by atoms with van der Waals surface area (Å²) in [6, 6.07) is 63.9. The van der Waals surface area contributed by atoms with E-state index in [4.69, 9.17) is 0 Å². The molecule has 0 saturated carbocycles. The van der Waals surface area contributed by atoms with Crippen LogP contribution in [-0.4, -0.2) is 0 Å². The molecule has 0 amide bonds. The number of benzene rings is 9. The Balaban J connectivity index is 1.06. The fourth-order valence-electron chi connectivity index (χ4n) is 10.2. The van der Waals surface area contributed by atoms with Crippen molar-refractivity contribution in [3.05, 3.63) is 192 Å². The van der Waals surface area contributed by atoms with Crippen molar-refractivity contribution < 1.29 is 0 Å². The predicted molar refractivity (Wildman–Crippen MR) is 230 cm³/mol. The fourth-order valence-corrected chi connectivity index (χ4v) is 10.2. The van der Waals surface area contributed by atoms with Crippen molar-refractivity contribution in [2.24, 2.45) is 0 Å². The van der Waals surface area contributed by atoms with Gasteiger partial charge in [-0.05, 0) is 128 Å². The third kappa shape index (κ3) is 4.26. The summed E-state index contributed by atoms with van der Waals surface area (Å²) in [5.74, 6) is 0. The number of hydrogen-bond acceptors (Lipinski definition) is 0. The van der Waals surface area contributed by atoms with Gasteiger partial charge in [-0.1, -0.05) is 179 Å². The molecule has 0 spiro atoms. The molecule has 0 nitrogen and oxygen atoms in total. The van der Waals surface area contributed by atoms with E-state index >= 15 is 0 Å². The molecule has 9 aromatic rings. The Hall–Kier alpha value is -6.24. The van der Waals surface area contributed by atoms with Crippen LogP contribution in [0.1, 0.15) is 49.9 Å². The summed E-state index contributed by atoms with van der Waals surface area (Å²) in [4.78, 5) is 0. The van der Waals surface area contributed by atoms with Gasteiger partial charge in [-0.3, -0.25) is 0 Å². The van der Waals surface area contributed by atoms with E-state index in [-0.39, 0.29) is 10.8 Å². The summed E-state index contributed by atoms with van der Waals surface area (Å²) < 4.78 is 0. The van der Waals surface area contributed by atoms with Gasteiger partial charge in [0.2, 0.25) is 0 Å². The van der Waals surface area contributed by atoms with Crippen molar-refractivity contribution in [3.8, 4) is 55.6 Å². The molecule has 0 radical (unpaired) electrons. The van der Waals surface area contributed by atoms with E-state index in [1.54, 1.807) is 0 Å². The van der Waals surface area contributed by atoms with E-state index in [1.807, 2.05) is 0 Å². The van der Waals surface area contributed by atoms with Crippen molar-refractivity contribution >= 4 is 32.3 Å². The van der Waals surface area contributed by atoms with Gasteiger partial charge in [0, 0.05) is 10.8 Å². The first-order valence-electron chi connectivity index (χ1n) is 19.3. The highest BCUT2D eigenvalue weighted by molar-refractivity contribution is 6.21. The summed E-state index contributed by atoms with van der Waals surface area (Å²) >= 11 is 0. The Bertz CT molecular complexity index is 2970. The summed E-state index contributed by atoms with van der Waals surface area (Å²) in [5.41, 5.74) is 18.6. The molecule has 2 aliphatic rings. The second-order valence-electron chi connectivity index (χ2n) is 16.4. The van der Waals surface area contributed by atoms with E-state index < -0.39 is 0 Å². The second-order valence-corrected chi connectivity index (χ2v) is 16.4. The molecule has 0 N–H and O–H groups in total. The molecule has 0 unspecified atom stereocenters. The van der Waals surface area contributed by atoms with Gasteiger partial charge >= 0.3 is 0 Å². The Morgan fingerprint density at radius 2 is 0.778 bits per heavy atom. The fraction of sp³-hybridized carbons (Fsp3) is 0.111. The summed E-state index contributed by atoms with van der Waals surface area (Å²) in [6.07, 6.45) is 0. The molecule has 256 valence electrons. The number of hydrogen-bond donors (Lipinski definition) is 0. The smallest absolute Gasteiger partial charge is 0.0165 e. The normalized spacial score (nSPS) is 14.6. The van der Waals surface area contributed by atoms with Crippen molar-refractivity contribution in [2.75, 3.05) is 0 Å². The molecule has 9 aromatic carbocycles. The lowest BCUT2D eigenvalue weighted by Gasteiger charge is -2.25. The molecule has 0 aliphatic heterocycles. The molecule has 0 heteroatoms. The first-order chi connectivity index (χ1) is 26.3. The molecule has 2 aliphatic carbocycles. The van der Waals surface area contributed by atoms with Crippen LogP contribution in [0.25, 0.3) is 88.0 Å². The topological polar surface area (TPSA) is 0 Å². The lowest BCUT2D eigenvalue weighted by atomic mass is 9.78. The largest absolute Gasteiger partial charge is 0.0619 e. The minimum absolute atomic E-state index is 0.0553. The SMILES string of the molecule is CC1(C)c2ccccc2-c2ccc(-c3c4ccccc4c(-c4ccc(-c5cccc6c5C(C)(C)c5cc7ccccc7cc5-6)cc4)c4ccccc34)cc21. The molecule has 11 rings (SSSR count). The van der Waals surface area contributed by atoms with Crippen molar-refractivity contribution in [3.63, 3.8) is 0 Å². The third-order valence-electron chi connectivity index (χ3n) is 12.8. The molecule has 0 bridgehead atoms. The maximum atomic E-state index is 2.47. The van der Waals surface area contributed by atoms with Crippen LogP contribution < -0.4 is 0 Å². The predicted octanol–water partition coefficient (Wildman–Crippen LogP) is 14.8. The average Bonchev–Trinajstić information content (AvgIpc) is 3.58. The van der Waals surface area contributed by atoms with E-state index in [0.29, 0.717) is 0 Å². The summed E-state index contributed by atoms with van der Waals surface area (Å²) in [7, 11) is 0. The van der Waals surface area contributed by atoms with Crippen molar-refractivity contribution in [1.29, 1.82) is 0 Å². The zero-order chi connectivity index (χ0) is 36.3. The Kier molecular flexibility index (Phi) is 6.46. The van der Waals surface area contributed by atoms with Crippen LogP contribution >= 0.6 is 0 Å². The minimum Gasteiger partial charge on any atom is -0.0619 e. The van der Waals surface area contributed by atoms with Crippen LogP contribution in [0.15, 0.2) is 170 Å². The quantitative estimate of drug-likeness (QED) is 0.162. The van der Waals surface area contributed by atoms with Gasteiger partial charge in [0.15, 0.2) is 0 Å². The van der Waals surface area contributed by atoms with E-state index in [0.717, 1.165) is 0 Å². The Morgan fingerprint density at radius 1 is 0.296 bits per heavy atom. The summed E-state index contributed by atoms with van der Waals surface area (Å²) in [5, 5.41) is 7.75. The van der Waals surface area contributed by atoms with Crippen LogP contribution in [0.4, 0.5) is 0 Å². The van der Waals surface area contributed by atoms with E-state index in [1.165, 1.54) is 110 Å². The molecular formula is C54H40. The van der Waals surface area contributed by atoms with Gasteiger partial charge in [0.25, 0.3) is 0 Å². The highest BCUT2D eigenvalue weighted by Crippen LogP contribution is 2.54. The van der Waals surface area contributed by atoms with Crippen molar-refractivity contribution in [1.82, 2.24) is 0 Å². The van der Waals surface area contributed by atoms with Crippen molar-refractivity contribution in [2.45, 2.75) is 38.5 Å². The molecule has 0 atom stereocenters. The molecular weight excluding hydrogens is 649 g/mol. The first-order valence-corrected chi connectivity index (χ1v) is 19.3. The maximum Gasteiger partial charge on any atom is 0.0165 e. The van der Waals surface area contributed by atoms with E-state index in [9.17, 15) is 0 Å². The molecule has 0 heterocycles. The lowest BCUT2D eigenvalue weighted by molar-refractivity contribution is 0.660.